The Hall–Kier alpha value is -5.47. The van der Waals surface area contributed by atoms with E-state index >= 15 is 4.39 Å². The first-order valence-corrected chi connectivity index (χ1v) is 15.8. The van der Waals surface area contributed by atoms with Crippen molar-refractivity contribution in [2.45, 2.75) is 30.3 Å². The molecule has 7 rings (SSSR count). The maximum absolute atomic E-state index is 15.4. The highest BCUT2D eigenvalue weighted by Crippen LogP contribution is 2.41. The van der Waals surface area contributed by atoms with Gasteiger partial charge < -0.3 is 11.1 Å². The molecule has 1 aliphatic rings. The Morgan fingerprint density at radius 2 is 1.85 bits per heavy atom. The van der Waals surface area contributed by atoms with E-state index < -0.39 is 28.1 Å². The molecule has 0 aliphatic heterocycles. The molecule has 0 bridgehead atoms. The quantitative estimate of drug-likeness (QED) is 0.210. The Bertz CT molecular complexity index is 2290. The fourth-order valence-electron chi connectivity index (χ4n) is 5.33. The number of hydrogen-bond acceptors (Lipinski definition) is 10. The van der Waals surface area contributed by atoms with Gasteiger partial charge in [0.1, 0.15) is 5.82 Å². The Morgan fingerprint density at radius 3 is 2.59 bits per heavy atom. The number of hydrogen-bond donors (Lipinski definition) is 2. The molecule has 232 valence electrons. The Kier molecular flexibility index (Phi) is 7.29. The number of nitrogens with one attached hydrogen (secondary N) is 1. The molecule has 1 fully saturated rings. The average Bonchev–Trinajstić information content (AvgIpc) is 3.81. The molecule has 3 heterocycles. The van der Waals surface area contributed by atoms with Crippen LogP contribution in [-0.4, -0.2) is 37.7 Å². The second kappa shape index (κ2) is 11.5. The van der Waals surface area contributed by atoms with Gasteiger partial charge in [0, 0.05) is 30.6 Å². The smallest absolute Gasteiger partial charge is 0.297 e. The van der Waals surface area contributed by atoms with E-state index in [1.54, 1.807) is 66.6 Å². The standard InChI is InChI=1S/C32H27FN8O4S/c1-40-17-22(16-35-40)36-32-38-29(37-31(34)39-32)24-8-5-9-27(25(24)18-45-46(43,44)23-6-3-2-4-7-23)41-13-12-20-14-21(19-10-11-19)15-26(33)28(20)30(41)42/h2-9,12-17,19H,10-11,18H2,1H3,(H3,34,36,37,38,39). The Labute approximate surface area is 262 Å². The normalized spacial score (nSPS) is 13.3. The third kappa shape index (κ3) is 5.71. The lowest BCUT2D eigenvalue weighted by molar-refractivity contribution is 0.308. The predicted octanol–water partition coefficient (Wildman–Crippen LogP) is 4.82. The summed E-state index contributed by atoms with van der Waals surface area (Å²) in [6.07, 6.45) is 6.81. The van der Waals surface area contributed by atoms with E-state index in [-0.39, 0.29) is 39.3 Å². The number of benzene rings is 3. The Morgan fingerprint density at radius 1 is 1.04 bits per heavy atom. The fraction of sp³-hybridized carbons (Fsp3) is 0.156. The second-order valence-corrected chi connectivity index (χ2v) is 12.5. The zero-order chi connectivity index (χ0) is 32.0. The van der Waals surface area contributed by atoms with Crippen LogP contribution in [0.25, 0.3) is 27.8 Å². The van der Waals surface area contributed by atoms with Gasteiger partial charge in [0.2, 0.25) is 11.9 Å². The summed E-state index contributed by atoms with van der Waals surface area (Å²) in [6.45, 7) is -0.507. The summed E-state index contributed by atoms with van der Waals surface area (Å²) in [6, 6.07) is 17.5. The van der Waals surface area contributed by atoms with Crippen molar-refractivity contribution in [3.05, 3.63) is 113 Å². The van der Waals surface area contributed by atoms with Gasteiger partial charge in [-0.15, -0.1) is 0 Å². The summed E-state index contributed by atoms with van der Waals surface area (Å²) in [5.74, 6) is -0.219. The van der Waals surface area contributed by atoms with E-state index in [0.717, 1.165) is 18.4 Å². The number of halogens is 1. The topological polar surface area (TPSA) is 160 Å². The zero-order valence-electron chi connectivity index (χ0n) is 24.5. The summed E-state index contributed by atoms with van der Waals surface area (Å²) in [5.41, 5.74) is 7.73. The summed E-state index contributed by atoms with van der Waals surface area (Å²) >= 11 is 0. The number of aryl methyl sites for hydroxylation is 1. The molecule has 3 aromatic heterocycles. The minimum Gasteiger partial charge on any atom is -0.368 e. The van der Waals surface area contributed by atoms with Gasteiger partial charge in [0.05, 0.1) is 34.5 Å². The number of rotatable bonds is 9. The van der Waals surface area contributed by atoms with Crippen molar-refractivity contribution in [2.75, 3.05) is 11.1 Å². The summed E-state index contributed by atoms with van der Waals surface area (Å²) < 4.78 is 50.2. The van der Waals surface area contributed by atoms with Gasteiger partial charge in [-0.2, -0.15) is 28.5 Å². The summed E-state index contributed by atoms with van der Waals surface area (Å²) in [4.78, 5) is 26.8. The Balaban J connectivity index is 1.37. The molecule has 1 saturated carbocycles. The molecule has 46 heavy (non-hydrogen) atoms. The number of nitrogens with zero attached hydrogens (tertiary/aromatic N) is 6. The second-order valence-electron chi connectivity index (χ2n) is 10.9. The zero-order valence-corrected chi connectivity index (χ0v) is 25.3. The van der Waals surface area contributed by atoms with Crippen LogP contribution < -0.4 is 16.6 Å². The third-order valence-corrected chi connectivity index (χ3v) is 8.96. The van der Waals surface area contributed by atoms with E-state index in [9.17, 15) is 13.2 Å². The van der Waals surface area contributed by atoms with Crippen LogP contribution in [0.1, 0.15) is 29.9 Å². The molecular formula is C32H27FN8O4S. The average molecular weight is 639 g/mol. The number of nitrogens with two attached hydrogens (primary N) is 1. The third-order valence-electron chi connectivity index (χ3n) is 7.68. The molecule has 6 aromatic rings. The van der Waals surface area contributed by atoms with E-state index in [0.29, 0.717) is 22.6 Å². The highest BCUT2D eigenvalue weighted by molar-refractivity contribution is 7.86. The first-order chi connectivity index (χ1) is 22.2. The lowest BCUT2D eigenvalue weighted by atomic mass is 10.0. The minimum atomic E-state index is -4.22. The highest BCUT2D eigenvalue weighted by Gasteiger charge is 2.26. The maximum Gasteiger partial charge on any atom is 0.297 e. The van der Waals surface area contributed by atoms with Crippen molar-refractivity contribution in [3.8, 4) is 17.1 Å². The first-order valence-electron chi connectivity index (χ1n) is 14.4. The monoisotopic (exact) mass is 638 g/mol. The molecule has 1 aliphatic carbocycles. The van der Waals surface area contributed by atoms with E-state index in [4.69, 9.17) is 9.92 Å². The molecular weight excluding hydrogens is 611 g/mol. The summed E-state index contributed by atoms with van der Waals surface area (Å²) in [5, 5.41) is 7.55. The molecule has 0 amide bonds. The van der Waals surface area contributed by atoms with Crippen LogP contribution in [0.2, 0.25) is 0 Å². The molecule has 0 unspecified atom stereocenters. The largest absolute Gasteiger partial charge is 0.368 e. The van der Waals surface area contributed by atoms with Gasteiger partial charge in [-0.3, -0.25) is 18.2 Å². The number of aromatic nitrogens is 6. The number of pyridine rings is 1. The van der Waals surface area contributed by atoms with Crippen LogP contribution in [0.3, 0.4) is 0 Å². The molecule has 14 heteroatoms. The van der Waals surface area contributed by atoms with Crippen LogP contribution in [0.4, 0.5) is 22.0 Å². The van der Waals surface area contributed by atoms with Gasteiger partial charge in [0.15, 0.2) is 5.82 Å². The van der Waals surface area contributed by atoms with Crippen molar-refractivity contribution in [1.29, 1.82) is 0 Å². The van der Waals surface area contributed by atoms with Gasteiger partial charge >= 0.3 is 0 Å². The van der Waals surface area contributed by atoms with E-state index in [1.807, 2.05) is 6.07 Å². The number of anilines is 3. The molecule has 12 nitrogen and oxygen atoms in total. The lowest BCUT2D eigenvalue weighted by Gasteiger charge is -2.17. The van der Waals surface area contributed by atoms with Gasteiger partial charge in [-0.25, -0.2) is 4.39 Å². The number of nitrogen functional groups attached to an aromatic ring is 1. The lowest BCUT2D eigenvalue weighted by Crippen LogP contribution is -2.21. The first kappa shape index (κ1) is 29.3. The molecule has 0 radical (unpaired) electrons. The molecule has 0 spiro atoms. The van der Waals surface area contributed by atoms with Crippen LogP contribution in [0, 0.1) is 5.82 Å². The predicted molar refractivity (Wildman–Crippen MR) is 170 cm³/mol. The summed E-state index contributed by atoms with van der Waals surface area (Å²) in [7, 11) is -2.46. The van der Waals surface area contributed by atoms with Crippen molar-refractivity contribution >= 4 is 38.5 Å². The molecule has 0 saturated heterocycles. The van der Waals surface area contributed by atoms with Crippen LogP contribution in [0.15, 0.2) is 95.0 Å². The van der Waals surface area contributed by atoms with Crippen molar-refractivity contribution < 1.29 is 17.0 Å². The molecule has 3 N–H and O–H groups in total. The minimum absolute atomic E-state index is 0.0437. The van der Waals surface area contributed by atoms with E-state index in [2.05, 4.69) is 25.4 Å². The van der Waals surface area contributed by atoms with Gasteiger partial charge in [0.25, 0.3) is 15.7 Å². The van der Waals surface area contributed by atoms with Crippen LogP contribution >= 0.6 is 0 Å². The fourth-order valence-corrected chi connectivity index (χ4v) is 6.23. The number of fused-ring (bicyclic) bond motifs is 1. The van der Waals surface area contributed by atoms with Crippen LogP contribution in [-0.2, 0) is 28.0 Å². The van der Waals surface area contributed by atoms with Crippen molar-refractivity contribution in [3.63, 3.8) is 0 Å². The van der Waals surface area contributed by atoms with Gasteiger partial charge in [-0.1, -0.05) is 36.4 Å². The van der Waals surface area contributed by atoms with Crippen molar-refractivity contribution in [2.24, 2.45) is 7.05 Å². The van der Waals surface area contributed by atoms with Crippen LogP contribution in [0.5, 0.6) is 0 Å². The van der Waals surface area contributed by atoms with Gasteiger partial charge in [-0.05, 0) is 60.0 Å². The van der Waals surface area contributed by atoms with Crippen molar-refractivity contribution in [1.82, 2.24) is 29.3 Å². The maximum atomic E-state index is 15.4. The molecule has 0 atom stereocenters. The highest BCUT2D eigenvalue weighted by atomic mass is 32.2. The molecule has 3 aromatic carbocycles. The SMILES string of the molecule is Cn1cc(Nc2nc(N)nc(-c3cccc(-n4ccc5cc(C6CC6)cc(F)c5c4=O)c3COS(=O)(=O)c3ccccc3)n2)cn1. The van der Waals surface area contributed by atoms with E-state index in [1.165, 1.54) is 29.0 Å².